The van der Waals surface area contributed by atoms with E-state index in [9.17, 15) is 9.90 Å². The third-order valence-corrected chi connectivity index (χ3v) is 3.84. The Morgan fingerprint density at radius 2 is 2.38 bits per heavy atom. The van der Waals surface area contributed by atoms with Crippen LogP contribution in [0.4, 0.5) is 0 Å². The fourth-order valence-electron chi connectivity index (χ4n) is 2.74. The minimum absolute atomic E-state index is 0.128. The maximum absolute atomic E-state index is 11.2. The smallest absolute Gasteiger partial charge is 0.155 e. The lowest BCUT2D eigenvalue weighted by Gasteiger charge is -2.34. The van der Waals surface area contributed by atoms with Crippen molar-refractivity contribution in [3.63, 3.8) is 0 Å². The Kier molecular flexibility index (Phi) is 2.03. The molecule has 0 amide bonds. The van der Waals surface area contributed by atoms with Crippen LogP contribution in [0.1, 0.15) is 32.6 Å². The molecule has 0 aliphatic heterocycles. The molecule has 1 saturated carbocycles. The van der Waals surface area contributed by atoms with Crippen LogP contribution >= 0.6 is 0 Å². The Morgan fingerprint density at radius 3 is 3.08 bits per heavy atom. The van der Waals surface area contributed by atoms with Crippen molar-refractivity contribution in [3.05, 3.63) is 11.6 Å². The Morgan fingerprint density at radius 1 is 1.62 bits per heavy atom. The molecule has 2 unspecified atom stereocenters. The summed E-state index contributed by atoms with van der Waals surface area (Å²) in [7, 11) is 0. The quantitative estimate of drug-likeness (QED) is 0.666. The molecule has 0 aromatic rings. The summed E-state index contributed by atoms with van der Waals surface area (Å²) in [4.78, 5) is 11.2. The van der Waals surface area contributed by atoms with Gasteiger partial charge in [-0.3, -0.25) is 4.79 Å². The molecular formula is C11H16O2. The molecule has 2 aliphatic carbocycles. The van der Waals surface area contributed by atoms with Crippen LogP contribution in [-0.4, -0.2) is 17.5 Å². The first kappa shape index (κ1) is 8.95. The summed E-state index contributed by atoms with van der Waals surface area (Å²) in [6, 6.07) is 0. The number of carbonyl (C=O) groups is 1. The van der Waals surface area contributed by atoms with Crippen molar-refractivity contribution in [3.8, 4) is 0 Å². The molecule has 0 bridgehead atoms. The van der Waals surface area contributed by atoms with Crippen LogP contribution in [-0.2, 0) is 4.79 Å². The molecule has 2 nitrogen and oxygen atoms in total. The number of allylic oxidation sites excluding steroid dienone is 2. The maximum Gasteiger partial charge on any atom is 0.155 e. The van der Waals surface area contributed by atoms with Gasteiger partial charge in [-0.05, 0) is 36.7 Å². The summed E-state index contributed by atoms with van der Waals surface area (Å²) < 4.78 is 0. The predicted molar refractivity (Wildman–Crippen MR) is 50.2 cm³/mol. The predicted octanol–water partition coefficient (Wildman–Crippen LogP) is 1.68. The Hall–Kier alpha value is -0.630. The minimum Gasteiger partial charge on any atom is -0.396 e. The van der Waals surface area contributed by atoms with Crippen molar-refractivity contribution < 1.29 is 9.90 Å². The lowest BCUT2D eigenvalue weighted by molar-refractivity contribution is -0.115. The van der Waals surface area contributed by atoms with Crippen molar-refractivity contribution in [2.45, 2.75) is 32.6 Å². The second-order valence-electron chi connectivity index (χ2n) is 4.47. The summed E-state index contributed by atoms with van der Waals surface area (Å²) in [5, 5.41) is 9.22. The first-order chi connectivity index (χ1) is 6.16. The van der Waals surface area contributed by atoms with Crippen LogP contribution in [0.2, 0.25) is 0 Å². The summed E-state index contributed by atoms with van der Waals surface area (Å²) in [5.74, 6) is 0.651. The SMILES string of the molecule is CC12CCC(=O)C=C1CCC2CO. The van der Waals surface area contributed by atoms with E-state index in [1.165, 1.54) is 5.57 Å². The van der Waals surface area contributed by atoms with E-state index in [4.69, 9.17) is 0 Å². The van der Waals surface area contributed by atoms with Gasteiger partial charge in [0.2, 0.25) is 0 Å². The fourth-order valence-corrected chi connectivity index (χ4v) is 2.74. The summed E-state index contributed by atoms with van der Waals surface area (Å²) in [6.45, 7) is 2.46. The minimum atomic E-state index is 0.128. The molecule has 0 saturated heterocycles. The van der Waals surface area contributed by atoms with Gasteiger partial charge >= 0.3 is 0 Å². The van der Waals surface area contributed by atoms with Crippen LogP contribution in [0, 0.1) is 11.3 Å². The highest BCUT2D eigenvalue weighted by molar-refractivity contribution is 5.91. The third-order valence-electron chi connectivity index (χ3n) is 3.84. The van der Waals surface area contributed by atoms with Gasteiger partial charge in [0.05, 0.1) is 0 Å². The number of ketones is 1. The van der Waals surface area contributed by atoms with Crippen LogP contribution < -0.4 is 0 Å². The molecule has 0 aromatic carbocycles. The highest BCUT2D eigenvalue weighted by Gasteiger charge is 2.44. The zero-order valence-corrected chi connectivity index (χ0v) is 8.05. The van der Waals surface area contributed by atoms with E-state index in [1.807, 2.05) is 6.08 Å². The average molecular weight is 180 g/mol. The van der Waals surface area contributed by atoms with Gasteiger partial charge < -0.3 is 5.11 Å². The van der Waals surface area contributed by atoms with Crippen molar-refractivity contribution in [2.75, 3.05) is 6.61 Å². The first-order valence-electron chi connectivity index (χ1n) is 5.01. The Labute approximate surface area is 78.6 Å². The van der Waals surface area contributed by atoms with Gasteiger partial charge in [-0.2, -0.15) is 0 Å². The third kappa shape index (κ3) is 1.24. The lowest BCUT2D eigenvalue weighted by Crippen LogP contribution is -2.29. The first-order valence-corrected chi connectivity index (χ1v) is 5.01. The van der Waals surface area contributed by atoms with Crippen molar-refractivity contribution in [2.24, 2.45) is 11.3 Å². The standard InChI is InChI=1S/C11H16O2/c1-11-5-4-10(13)6-8(11)2-3-9(11)7-12/h6,9,12H,2-5,7H2,1H3. The molecule has 2 rings (SSSR count). The van der Waals surface area contributed by atoms with Gasteiger partial charge in [0.15, 0.2) is 5.78 Å². The highest BCUT2D eigenvalue weighted by Crippen LogP contribution is 2.51. The van der Waals surface area contributed by atoms with Crippen LogP contribution in [0.3, 0.4) is 0 Å². The Balaban J connectivity index is 2.32. The molecule has 2 heteroatoms. The highest BCUT2D eigenvalue weighted by atomic mass is 16.3. The van der Waals surface area contributed by atoms with Crippen molar-refractivity contribution in [1.29, 1.82) is 0 Å². The zero-order chi connectivity index (χ0) is 9.47. The van der Waals surface area contributed by atoms with Gasteiger partial charge in [-0.1, -0.05) is 12.5 Å². The molecular weight excluding hydrogens is 164 g/mol. The van der Waals surface area contributed by atoms with E-state index in [-0.39, 0.29) is 17.8 Å². The lowest BCUT2D eigenvalue weighted by atomic mass is 9.70. The van der Waals surface area contributed by atoms with E-state index in [0.717, 1.165) is 19.3 Å². The number of aliphatic hydroxyl groups excluding tert-OH is 1. The fraction of sp³-hybridized carbons (Fsp3) is 0.727. The molecule has 0 spiro atoms. The van der Waals surface area contributed by atoms with Crippen molar-refractivity contribution >= 4 is 5.78 Å². The molecule has 2 atom stereocenters. The van der Waals surface area contributed by atoms with Gasteiger partial charge in [-0.25, -0.2) is 0 Å². The number of hydrogen-bond acceptors (Lipinski definition) is 2. The molecule has 1 fully saturated rings. The van der Waals surface area contributed by atoms with Crippen molar-refractivity contribution in [1.82, 2.24) is 0 Å². The van der Waals surface area contributed by atoms with E-state index < -0.39 is 0 Å². The molecule has 1 N–H and O–H groups in total. The molecule has 72 valence electrons. The van der Waals surface area contributed by atoms with Gasteiger partial charge in [0.1, 0.15) is 0 Å². The molecule has 2 aliphatic rings. The van der Waals surface area contributed by atoms with Gasteiger partial charge in [0, 0.05) is 13.0 Å². The second kappa shape index (κ2) is 2.95. The van der Waals surface area contributed by atoms with Crippen LogP contribution in [0.5, 0.6) is 0 Å². The van der Waals surface area contributed by atoms with E-state index in [1.54, 1.807) is 0 Å². The maximum atomic E-state index is 11.2. The van der Waals surface area contributed by atoms with Gasteiger partial charge in [0.25, 0.3) is 0 Å². The summed E-state index contributed by atoms with van der Waals surface area (Å²) >= 11 is 0. The molecule has 0 radical (unpaired) electrons. The second-order valence-corrected chi connectivity index (χ2v) is 4.47. The summed E-state index contributed by atoms with van der Waals surface area (Å²) in [5.41, 5.74) is 1.41. The zero-order valence-electron chi connectivity index (χ0n) is 8.05. The molecule has 0 heterocycles. The number of aliphatic hydroxyl groups is 1. The Bertz CT molecular complexity index is 267. The van der Waals surface area contributed by atoms with E-state index >= 15 is 0 Å². The topological polar surface area (TPSA) is 37.3 Å². The van der Waals surface area contributed by atoms with Crippen LogP contribution in [0.15, 0.2) is 11.6 Å². The number of fused-ring (bicyclic) bond motifs is 1. The number of hydrogen-bond donors (Lipinski definition) is 1. The normalized spacial score (nSPS) is 38.8. The van der Waals surface area contributed by atoms with E-state index in [0.29, 0.717) is 12.3 Å². The number of carbonyl (C=O) groups excluding carboxylic acids is 1. The van der Waals surface area contributed by atoms with Gasteiger partial charge in [-0.15, -0.1) is 0 Å². The average Bonchev–Trinajstić information content (AvgIpc) is 2.42. The molecule has 13 heavy (non-hydrogen) atoms. The molecule has 0 aromatic heterocycles. The monoisotopic (exact) mass is 180 g/mol. The number of rotatable bonds is 1. The largest absolute Gasteiger partial charge is 0.396 e. The van der Waals surface area contributed by atoms with E-state index in [2.05, 4.69) is 6.92 Å². The summed E-state index contributed by atoms with van der Waals surface area (Å²) in [6.07, 6.45) is 5.47. The van der Waals surface area contributed by atoms with Crippen LogP contribution in [0.25, 0.3) is 0 Å².